The van der Waals surface area contributed by atoms with E-state index in [4.69, 9.17) is 15.6 Å². The number of carboxylic acid groups (broad SMARTS) is 1. The summed E-state index contributed by atoms with van der Waals surface area (Å²) in [5.74, 6) is -0.200. The Bertz CT molecular complexity index is 461. The molecule has 5 heteroatoms. The number of carboxylic acids is 1. The van der Waals surface area contributed by atoms with Crippen LogP contribution < -0.4 is 5.73 Å². The molecule has 1 aliphatic carbocycles. The lowest BCUT2D eigenvalue weighted by Gasteiger charge is -2.26. The number of allylic oxidation sites excluding steroid dienone is 1. The number of ether oxygens (including phenoxy) is 1. The van der Waals surface area contributed by atoms with Crippen molar-refractivity contribution in [3.8, 4) is 0 Å². The lowest BCUT2D eigenvalue weighted by Crippen LogP contribution is -2.29. The Morgan fingerprint density at radius 1 is 1.63 bits per heavy atom. The smallest absolute Gasteiger partial charge is 0.332 e. The average molecular weight is 264 g/mol. The molecular formula is C14H20N2O3. The number of likely N-dealkylation sites (N-methyl/N-ethyl adjacent to an activating group) is 1. The number of hydrogen-bond donors (Lipinski definition) is 2. The van der Waals surface area contributed by atoms with Crippen LogP contribution >= 0.6 is 0 Å². The maximum Gasteiger partial charge on any atom is 0.332 e. The number of nitrogens with zero attached hydrogens (tertiary/aromatic N) is 1. The molecule has 0 radical (unpaired) electrons. The molecule has 3 N–H and O–H groups in total. The molecule has 1 rings (SSSR count). The predicted octanol–water partition coefficient (Wildman–Crippen LogP) is 1.61. The van der Waals surface area contributed by atoms with Crippen LogP contribution in [0.25, 0.3) is 0 Å². The van der Waals surface area contributed by atoms with E-state index in [1.54, 1.807) is 20.2 Å². The topological polar surface area (TPSA) is 75.8 Å². The van der Waals surface area contributed by atoms with Gasteiger partial charge in [0.25, 0.3) is 0 Å². The minimum atomic E-state index is -0.928. The Balaban J connectivity index is 2.99. The second kappa shape index (κ2) is 6.68. The van der Waals surface area contributed by atoms with Crippen LogP contribution in [0.1, 0.15) is 13.3 Å². The van der Waals surface area contributed by atoms with Gasteiger partial charge in [0, 0.05) is 18.8 Å². The molecule has 5 nitrogen and oxygen atoms in total. The first kappa shape index (κ1) is 14.9. The molecule has 104 valence electrons. The van der Waals surface area contributed by atoms with Crippen LogP contribution in [0, 0.1) is 0 Å². The van der Waals surface area contributed by atoms with Crippen molar-refractivity contribution in [1.29, 1.82) is 0 Å². The van der Waals surface area contributed by atoms with Crippen molar-refractivity contribution < 1.29 is 14.6 Å². The quantitative estimate of drug-likeness (QED) is 0.754. The molecule has 0 saturated carbocycles. The van der Waals surface area contributed by atoms with Crippen LogP contribution in [0.4, 0.5) is 0 Å². The SMILES string of the molecule is COC1=C/C(=C\N)C(N(C)/C=C(\C)C(=O)O)CC=C1. The molecule has 0 aliphatic heterocycles. The summed E-state index contributed by atoms with van der Waals surface area (Å²) in [7, 11) is 3.43. The van der Waals surface area contributed by atoms with Gasteiger partial charge in [-0.15, -0.1) is 0 Å². The highest BCUT2D eigenvalue weighted by atomic mass is 16.5. The van der Waals surface area contributed by atoms with Gasteiger partial charge in [-0.05, 0) is 37.3 Å². The summed E-state index contributed by atoms with van der Waals surface area (Å²) >= 11 is 0. The summed E-state index contributed by atoms with van der Waals surface area (Å²) in [6.07, 6.45) is 9.58. The lowest BCUT2D eigenvalue weighted by molar-refractivity contribution is -0.132. The summed E-state index contributed by atoms with van der Waals surface area (Å²) in [6, 6.07) is -0.0109. The third-order valence-corrected chi connectivity index (χ3v) is 2.99. The van der Waals surface area contributed by atoms with E-state index in [1.807, 2.05) is 30.2 Å². The molecule has 0 saturated heterocycles. The summed E-state index contributed by atoms with van der Waals surface area (Å²) in [5, 5.41) is 8.91. The Hall–Kier alpha value is -2.17. The first-order valence-corrected chi connectivity index (χ1v) is 5.97. The van der Waals surface area contributed by atoms with Gasteiger partial charge in [0.15, 0.2) is 0 Å². The first-order valence-electron chi connectivity index (χ1n) is 5.97. The van der Waals surface area contributed by atoms with Crippen molar-refractivity contribution in [2.45, 2.75) is 19.4 Å². The second-order valence-corrected chi connectivity index (χ2v) is 4.35. The van der Waals surface area contributed by atoms with Gasteiger partial charge in [-0.25, -0.2) is 4.79 Å². The van der Waals surface area contributed by atoms with Gasteiger partial charge < -0.3 is 20.5 Å². The molecule has 0 aromatic heterocycles. The first-order chi connectivity index (χ1) is 8.99. The molecule has 0 fully saturated rings. The molecule has 0 spiro atoms. The molecule has 1 atom stereocenters. The largest absolute Gasteiger partial charge is 0.497 e. The summed E-state index contributed by atoms with van der Waals surface area (Å²) in [4.78, 5) is 12.7. The fourth-order valence-corrected chi connectivity index (χ4v) is 1.90. The fourth-order valence-electron chi connectivity index (χ4n) is 1.90. The third-order valence-electron chi connectivity index (χ3n) is 2.99. The predicted molar refractivity (Wildman–Crippen MR) is 74.1 cm³/mol. The van der Waals surface area contributed by atoms with Gasteiger partial charge in [0.2, 0.25) is 0 Å². The van der Waals surface area contributed by atoms with Crippen molar-refractivity contribution >= 4 is 5.97 Å². The van der Waals surface area contributed by atoms with Crippen molar-refractivity contribution in [3.05, 3.63) is 47.5 Å². The summed E-state index contributed by atoms with van der Waals surface area (Å²) in [6.45, 7) is 1.56. The monoisotopic (exact) mass is 264 g/mol. The number of carbonyl (C=O) groups is 1. The zero-order valence-electron chi connectivity index (χ0n) is 11.5. The normalized spacial score (nSPS) is 21.8. The number of methoxy groups -OCH3 is 1. The van der Waals surface area contributed by atoms with Crippen LogP contribution in [0.2, 0.25) is 0 Å². The minimum Gasteiger partial charge on any atom is -0.497 e. The Morgan fingerprint density at radius 3 is 2.84 bits per heavy atom. The van der Waals surface area contributed by atoms with Crippen molar-refractivity contribution in [2.24, 2.45) is 5.73 Å². The zero-order valence-corrected chi connectivity index (χ0v) is 11.5. The van der Waals surface area contributed by atoms with E-state index in [9.17, 15) is 4.79 Å². The van der Waals surface area contributed by atoms with Crippen LogP contribution in [-0.2, 0) is 9.53 Å². The molecule has 0 aromatic rings. The Morgan fingerprint density at radius 2 is 2.32 bits per heavy atom. The van der Waals surface area contributed by atoms with E-state index in [0.717, 1.165) is 17.8 Å². The van der Waals surface area contributed by atoms with Gasteiger partial charge in [-0.3, -0.25) is 0 Å². The van der Waals surface area contributed by atoms with E-state index in [2.05, 4.69) is 0 Å². The number of aliphatic carboxylic acids is 1. The van der Waals surface area contributed by atoms with E-state index in [1.165, 1.54) is 6.20 Å². The highest BCUT2D eigenvalue weighted by Crippen LogP contribution is 2.21. The summed E-state index contributed by atoms with van der Waals surface area (Å²) in [5.41, 5.74) is 6.82. The van der Waals surface area contributed by atoms with Crippen LogP contribution in [-0.4, -0.2) is 36.2 Å². The molecule has 1 aliphatic rings. The maximum absolute atomic E-state index is 10.9. The lowest BCUT2D eigenvalue weighted by atomic mass is 10.0. The van der Waals surface area contributed by atoms with Crippen molar-refractivity contribution in [3.63, 3.8) is 0 Å². The Kier molecular flexibility index (Phi) is 5.23. The van der Waals surface area contributed by atoms with Gasteiger partial charge in [-0.1, -0.05) is 6.08 Å². The van der Waals surface area contributed by atoms with Crippen molar-refractivity contribution in [2.75, 3.05) is 14.2 Å². The fraction of sp³-hybridized carbons (Fsp3) is 0.357. The van der Waals surface area contributed by atoms with E-state index >= 15 is 0 Å². The van der Waals surface area contributed by atoms with Crippen molar-refractivity contribution in [1.82, 2.24) is 4.90 Å². The van der Waals surface area contributed by atoms with Gasteiger partial charge in [-0.2, -0.15) is 0 Å². The van der Waals surface area contributed by atoms with E-state index < -0.39 is 5.97 Å². The van der Waals surface area contributed by atoms with Gasteiger partial charge in [0.1, 0.15) is 5.76 Å². The van der Waals surface area contributed by atoms with E-state index in [-0.39, 0.29) is 11.6 Å². The minimum absolute atomic E-state index is 0.0109. The summed E-state index contributed by atoms with van der Waals surface area (Å²) < 4.78 is 5.20. The molecule has 0 bridgehead atoms. The molecular weight excluding hydrogens is 244 g/mol. The highest BCUT2D eigenvalue weighted by Gasteiger charge is 2.18. The van der Waals surface area contributed by atoms with Crippen LogP contribution in [0.15, 0.2) is 47.5 Å². The van der Waals surface area contributed by atoms with Crippen LogP contribution in [0.5, 0.6) is 0 Å². The molecule has 1 unspecified atom stereocenters. The van der Waals surface area contributed by atoms with Gasteiger partial charge >= 0.3 is 5.97 Å². The molecule has 0 amide bonds. The highest BCUT2D eigenvalue weighted by molar-refractivity contribution is 5.85. The van der Waals surface area contributed by atoms with Crippen LogP contribution in [0.3, 0.4) is 0 Å². The average Bonchev–Trinajstić information content (AvgIpc) is 2.59. The van der Waals surface area contributed by atoms with Gasteiger partial charge in [0.05, 0.1) is 13.2 Å². The molecule has 0 heterocycles. The Labute approximate surface area is 113 Å². The number of hydrogen-bond acceptors (Lipinski definition) is 4. The number of nitrogens with two attached hydrogens (primary N) is 1. The standard InChI is InChI=1S/C14H20N2O3/c1-10(14(17)18)9-16(2)13-6-4-5-12(19-3)7-11(13)8-15/h4-5,7-9,13H,6,15H2,1-3H3,(H,17,18)/b10-9+,11-8+. The molecule has 0 aromatic carbocycles. The maximum atomic E-state index is 10.9. The second-order valence-electron chi connectivity index (χ2n) is 4.35. The van der Waals surface area contributed by atoms with E-state index in [0.29, 0.717) is 0 Å². The zero-order chi connectivity index (χ0) is 14.4. The molecule has 19 heavy (non-hydrogen) atoms. The number of rotatable bonds is 4. The third kappa shape index (κ3) is 3.91.